The first-order chi connectivity index (χ1) is 0. The fourth-order valence-corrected chi connectivity index (χ4v) is 0. The molecule has 0 unspecified atom stereocenters. The molecule has 0 fully saturated rings. The van der Waals surface area contributed by atoms with Crippen molar-refractivity contribution in [3.8, 4) is 0 Å². The minimum Gasteiger partial charge on any atom is -1.00 e. The van der Waals surface area contributed by atoms with Gasteiger partial charge in [0.2, 0.25) is 0 Å². The van der Waals surface area contributed by atoms with Gasteiger partial charge in [-0.3, -0.25) is 0 Å². The van der Waals surface area contributed by atoms with E-state index in [1.54, 1.807) is 0 Å². The van der Waals surface area contributed by atoms with Crippen molar-refractivity contribution < 1.29 is 111 Å². The Morgan fingerprint density at radius 2 is 0.500 bits per heavy atom. The van der Waals surface area contributed by atoms with Gasteiger partial charge in [-0.1, -0.05) is 0 Å². The predicted molar refractivity (Wildman–Crippen MR) is 14.2 cm³/mol. The smallest absolute Gasteiger partial charge is 1.00 e. The van der Waals surface area contributed by atoms with Crippen LogP contribution < -0.4 is 56.6 Å². The molecule has 8 heteroatoms. The molecule has 0 aliphatic rings. The van der Waals surface area contributed by atoms with Gasteiger partial charge in [0.1, 0.15) is 0 Å². The Bertz CT molecular complexity index is 21.8. The molecule has 0 rings (SSSR count). The molecule has 0 aliphatic carbocycles. The first kappa shape index (κ1) is 137. The van der Waals surface area contributed by atoms with Crippen LogP contribution in [0.5, 0.6) is 0 Å². The van der Waals surface area contributed by atoms with Gasteiger partial charge in [-0.2, -0.15) is 0 Å². The van der Waals surface area contributed by atoms with Crippen LogP contribution in [0, 0.1) is 0 Å². The molecule has 0 spiro atoms. The standard InChI is InChI=1S/3Li.2Mn.3H2O.3H/h;;;;;3*1H2;;;/q3*+1;;;;;;3*-1. The minimum absolute atomic E-state index is 0. The molecule has 0 aromatic carbocycles. The summed E-state index contributed by atoms with van der Waals surface area (Å²) in [4.78, 5) is 0. The van der Waals surface area contributed by atoms with Crippen molar-refractivity contribution >= 4 is 0 Å². The van der Waals surface area contributed by atoms with Crippen molar-refractivity contribution in [3.05, 3.63) is 0 Å². The summed E-state index contributed by atoms with van der Waals surface area (Å²) in [6.07, 6.45) is 0. The van der Waals surface area contributed by atoms with Gasteiger partial charge in [0, 0.05) is 34.1 Å². The molecule has 6 N–H and O–H groups in total. The zero-order valence-corrected chi connectivity index (χ0v) is 7.62. The quantitative estimate of drug-likeness (QED) is 0.337. The van der Waals surface area contributed by atoms with E-state index in [2.05, 4.69) is 0 Å². The minimum atomic E-state index is 0. The summed E-state index contributed by atoms with van der Waals surface area (Å²) in [7, 11) is 0. The summed E-state index contributed by atoms with van der Waals surface area (Å²) >= 11 is 0. The van der Waals surface area contributed by atoms with E-state index >= 15 is 0 Å². The van der Waals surface area contributed by atoms with Crippen LogP contribution in [0.2, 0.25) is 0 Å². The van der Waals surface area contributed by atoms with Crippen molar-refractivity contribution in [2.24, 2.45) is 0 Å². The molecule has 0 aromatic heterocycles. The van der Waals surface area contributed by atoms with Crippen molar-refractivity contribution in [1.82, 2.24) is 0 Å². The van der Waals surface area contributed by atoms with Gasteiger partial charge in [0.15, 0.2) is 0 Å². The molecule has 8 heavy (non-hydrogen) atoms. The maximum absolute atomic E-state index is 0. The SMILES string of the molecule is O.O.O.[H-].[H-].[H-].[Li+].[Li+].[Li+].[Mn].[Mn]. The Labute approximate surface area is 110 Å². The monoisotopic (exact) mass is 188 g/mol. The van der Waals surface area contributed by atoms with Crippen LogP contribution in [-0.2, 0) is 34.1 Å². The van der Waals surface area contributed by atoms with E-state index in [-0.39, 0.29) is 111 Å². The Morgan fingerprint density at radius 1 is 0.500 bits per heavy atom. The molecular formula is H9Li3Mn2O3. The normalized spacial score (nSPS) is 0. The van der Waals surface area contributed by atoms with Crippen LogP contribution >= 0.6 is 0 Å². The Kier molecular flexibility index (Phi) is 1720. The van der Waals surface area contributed by atoms with E-state index in [0.717, 1.165) is 0 Å². The fraction of sp³-hybridized carbons (Fsp3) is 0. The molecule has 0 heterocycles. The fourth-order valence-electron chi connectivity index (χ4n) is 0. The first-order valence-electron chi connectivity index (χ1n) is 0. The first-order valence-corrected chi connectivity index (χ1v) is 0. The van der Waals surface area contributed by atoms with Crippen LogP contribution in [0.1, 0.15) is 4.28 Å². The topological polar surface area (TPSA) is 94.5 Å². The Balaban J connectivity index is 0. The maximum Gasteiger partial charge on any atom is 1.00 e. The van der Waals surface area contributed by atoms with Crippen molar-refractivity contribution in [2.75, 3.05) is 0 Å². The number of hydrogen-bond acceptors (Lipinski definition) is 0. The van der Waals surface area contributed by atoms with Crippen LogP contribution in [0.4, 0.5) is 0 Å². The molecule has 3 nitrogen and oxygen atoms in total. The third-order valence-corrected chi connectivity index (χ3v) is 0. The van der Waals surface area contributed by atoms with Gasteiger partial charge in [-0.05, 0) is 0 Å². The van der Waals surface area contributed by atoms with E-state index in [1.807, 2.05) is 0 Å². The van der Waals surface area contributed by atoms with Gasteiger partial charge < -0.3 is 20.7 Å². The molecule has 2 radical (unpaired) electrons. The van der Waals surface area contributed by atoms with E-state index in [0.29, 0.717) is 0 Å². The summed E-state index contributed by atoms with van der Waals surface area (Å²) < 4.78 is 0. The van der Waals surface area contributed by atoms with Crippen LogP contribution in [0.3, 0.4) is 0 Å². The molecule has 44 valence electrons. The van der Waals surface area contributed by atoms with Gasteiger partial charge in [0.25, 0.3) is 0 Å². The van der Waals surface area contributed by atoms with E-state index in [9.17, 15) is 0 Å². The molecule has 0 amide bonds. The largest absolute Gasteiger partial charge is 1.00 e. The second-order valence-electron chi connectivity index (χ2n) is 0. The van der Waals surface area contributed by atoms with Crippen LogP contribution in [0.15, 0.2) is 0 Å². The van der Waals surface area contributed by atoms with Crippen LogP contribution in [-0.4, -0.2) is 16.4 Å². The molecule has 0 aromatic rings. The third-order valence-electron chi connectivity index (χ3n) is 0. The zero-order chi connectivity index (χ0) is 0. The summed E-state index contributed by atoms with van der Waals surface area (Å²) in [6.45, 7) is 0. The molecular weight excluding hydrogens is 179 g/mol. The van der Waals surface area contributed by atoms with Gasteiger partial charge in [0.05, 0.1) is 0 Å². The van der Waals surface area contributed by atoms with Crippen molar-refractivity contribution in [3.63, 3.8) is 0 Å². The average molecular weight is 188 g/mol. The number of rotatable bonds is 0. The summed E-state index contributed by atoms with van der Waals surface area (Å²) in [5, 5.41) is 0. The second-order valence-corrected chi connectivity index (χ2v) is 0. The van der Waals surface area contributed by atoms with E-state index in [1.165, 1.54) is 0 Å². The third kappa shape index (κ3) is 70.5. The summed E-state index contributed by atoms with van der Waals surface area (Å²) in [5.41, 5.74) is 0. The van der Waals surface area contributed by atoms with E-state index < -0.39 is 0 Å². The van der Waals surface area contributed by atoms with Gasteiger partial charge >= 0.3 is 56.6 Å². The average Bonchev–Trinajstić information content (AvgIpc) is 0. The molecule has 0 atom stereocenters. The van der Waals surface area contributed by atoms with Crippen molar-refractivity contribution in [2.45, 2.75) is 0 Å². The van der Waals surface area contributed by atoms with Gasteiger partial charge in [-0.15, -0.1) is 0 Å². The molecule has 0 saturated heterocycles. The summed E-state index contributed by atoms with van der Waals surface area (Å²) in [6, 6.07) is 0. The maximum atomic E-state index is 0. The van der Waals surface area contributed by atoms with E-state index in [4.69, 9.17) is 0 Å². The Morgan fingerprint density at radius 3 is 0.500 bits per heavy atom. The number of hydrogen-bond donors (Lipinski definition) is 0. The van der Waals surface area contributed by atoms with Crippen LogP contribution in [0.25, 0.3) is 0 Å². The molecule has 0 saturated carbocycles. The zero-order valence-electron chi connectivity index (χ0n) is 8.26. The molecule has 0 bridgehead atoms. The van der Waals surface area contributed by atoms with Crippen molar-refractivity contribution in [1.29, 1.82) is 0 Å². The predicted octanol–water partition coefficient (Wildman–Crippen LogP) is -11.1. The Hall–Kier alpha value is 2.71. The second kappa shape index (κ2) is 100. The molecule has 0 aliphatic heterocycles. The van der Waals surface area contributed by atoms with Gasteiger partial charge in [-0.25, -0.2) is 0 Å². The summed E-state index contributed by atoms with van der Waals surface area (Å²) in [5.74, 6) is 0.